The van der Waals surface area contributed by atoms with E-state index in [1.165, 1.54) is 15.9 Å². The minimum absolute atomic E-state index is 0.0477. The van der Waals surface area contributed by atoms with Gasteiger partial charge in [-0.15, -0.1) is 11.3 Å². The molecule has 0 bridgehead atoms. The van der Waals surface area contributed by atoms with Crippen molar-refractivity contribution in [2.75, 3.05) is 11.5 Å². The Kier molecular flexibility index (Phi) is 6.62. The second-order valence-electron chi connectivity index (χ2n) is 8.35. The lowest BCUT2D eigenvalue weighted by Crippen LogP contribution is -2.36. The van der Waals surface area contributed by atoms with Gasteiger partial charge >= 0.3 is 5.69 Å². The second kappa shape index (κ2) is 9.30. The Hall–Kier alpha value is -2.66. The fraction of sp³-hybridized carbons (Fsp3) is 0.500. The van der Waals surface area contributed by atoms with Gasteiger partial charge in [-0.05, 0) is 38.7 Å². The summed E-state index contributed by atoms with van der Waals surface area (Å²) in [5.74, 6) is -0.752. The molecule has 11 heteroatoms. The van der Waals surface area contributed by atoms with Crippen LogP contribution in [0.3, 0.4) is 0 Å². The Morgan fingerprint density at radius 2 is 1.94 bits per heavy atom. The third kappa shape index (κ3) is 4.19. The second-order valence-corrected chi connectivity index (χ2v) is 10.5. The quantitative estimate of drug-likeness (QED) is 0.296. The number of hydrogen-bond donors (Lipinski definition) is 2. The van der Waals surface area contributed by atoms with Gasteiger partial charge in [-0.3, -0.25) is 28.5 Å². The van der Waals surface area contributed by atoms with Crippen LogP contribution < -0.4 is 22.5 Å². The zero-order valence-electron chi connectivity index (χ0n) is 18.9. The van der Waals surface area contributed by atoms with Crippen molar-refractivity contribution >= 4 is 44.9 Å². The summed E-state index contributed by atoms with van der Waals surface area (Å²) in [5, 5.41) is 1.12. The number of nitrogens with two attached hydrogens (primary N) is 1. The summed E-state index contributed by atoms with van der Waals surface area (Å²) >= 11 is 2.60. The summed E-state index contributed by atoms with van der Waals surface area (Å²) in [5.41, 5.74) is 5.26. The first-order valence-corrected chi connectivity index (χ1v) is 12.9. The van der Waals surface area contributed by atoms with Crippen LogP contribution in [0.1, 0.15) is 65.9 Å². The van der Waals surface area contributed by atoms with Gasteiger partial charge in [0.05, 0.1) is 11.1 Å². The molecule has 0 aromatic carbocycles. The van der Waals surface area contributed by atoms with E-state index in [1.54, 1.807) is 4.57 Å². The zero-order chi connectivity index (χ0) is 23.9. The Bertz CT molecular complexity index is 1410. The van der Waals surface area contributed by atoms with Crippen LogP contribution >= 0.6 is 23.1 Å². The van der Waals surface area contributed by atoms with Gasteiger partial charge in [0, 0.05) is 17.5 Å². The maximum Gasteiger partial charge on any atom is 0.329 e. The number of H-pyrrole nitrogens is 1. The number of rotatable bonds is 7. The van der Waals surface area contributed by atoms with Crippen molar-refractivity contribution in [1.82, 2.24) is 19.1 Å². The van der Waals surface area contributed by atoms with Crippen LogP contribution in [0.15, 0.2) is 19.5 Å². The molecule has 4 rings (SSSR count). The van der Waals surface area contributed by atoms with Crippen LogP contribution in [0.2, 0.25) is 0 Å². The standard InChI is InChI=1S/C22H27N5O4S2/c1-4-9-26-17(23)16(18(29)24-21(26)31)14(28)10-32-22-25-19-15(11(2)12(3)33-19)20(30)27(22)13-7-5-6-8-13/h13H,4-10,23H2,1-3H3,(H,24,29,31). The molecule has 0 atom stereocenters. The van der Waals surface area contributed by atoms with Gasteiger partial charge in [-0.25, -0.2) is 9.78 Å². The Balaban J connectivity index is 1.73. The predicted octanol–water partition coefficient (Wildman–Crippen LogP) is 3.01. The SMILES string of the molecule is CCCn1c(N)c(C(=O)CSc2nc3sc(C)c(C)c3c(=O)n2C2CCCC2)c(=O)[nH]c1=O. The number of aromatic nitrogens is 4. The molecule has 9 nitrogen and oxygen atoms in total. The van der Waals surface area contributed by atoms with E-state index in [0.29, 0.717) is 28.3 Å². The number of carbonyl (C=O) groups excluding carboxylic acids is 1. The number of aryl methyl sites for hydroxylation is 2. The molecule has 3 heterocycles. The highest BCUT2D eigenvalue weighted by atomic mass is 32.2. The number of nitrogens with one attached hydrogen (secondary N) is 1. The van der Waals surface area contributed by atoms with E-state index in [2.05, 4.69) is 4.98 Å². The molecule has 176 valence electrons. The summed E-state index contributed by atoms with van der Waals surface area (Å²) in [4.78, 5) is 59.5. The Labute approximate surface area is 198 Å². The maximum absolute atomic E-state index is 13.5. The number of fused-ring (bicyclic) bond motifs is 1. The van der Waals surface area contributed by atoms with Crippen LogP contribution in [0.4, 0.5) is 5.82 Å². The first-order chi connectivity index (χ1) is 15.7. The van der Waals surface area contributed by atoms with E-state index in [-0.39, 0.29) is 28.7 Å². The maximum atomic E-state index is 13.5. The summed E-state index contributed by atoms with van der Waals surface area (Å²) < 4.78 is 2.94. The molecule has 0 amide bonds. The molecule has 33 heavy (non-hydrogen) atoms. The minimum atomic E-state index is -0.795. The van der Waals surface area contributed by atoms with E-state index < -0.39 is 17.0 Å². The molecule has 0 aliphatic heterocycles. The predicted molar refractivity (Wildman–Crippen MR) is 132 cm³/mol. The Morgan fingerprint density at radius 3 is 2.61 bits per heavy atom. The molecular formula is C22H27N5O4S2. The molecule has 1 aliphatic carbocycles. The molecule has 0 radical (unpaired) electrons. The lowest BCUT2D eigenvalue weighted by atomic mass is 10.2. The molecule has 1 fully saturated rings. The largest absolute Gasteiger partial charge is 0.384 e. The third-order valence-electron chi connectivity index (χ3n) is 6.19. The molecule has 1 aliphatic rings. The van der Waals surface area contributed by atoms with E-state index in [4.69, 9.17) is 10.7 Å². The van der Waals surface area contributed by atoms with Crippen LogP contribution in [-0.2, 0) is 6.54 Å². The molecule has 0 unspecified atom stereocenters. The van der Waals surface area contributed by atoms with Crippen LogP contribution in [0, 0.1) is 13.8 Å². The average molecular weight is 490 g/mol. The van der Waals surface area contributed by atoms with E-state index in [0.717, 1.165) is 47.9 Å². The highest BCUT2D eigenvalue weighted by molar-refractivity contribution is 7.99. The van der Waals surface area contributed by atoms with Crippen LogP contribution in [0.25, 0.3) is 10.2 Å². The number of nitrogen functional groups attached to an aromatic ring is 1. The number of nitrogens with zero attached hydrogens (tertiary/aromatic N) is 3. The normalized spacial score (nSPS) is 14.4. The van der Waals surface area contributed by atoms with Crippen molar-refractivity contribution in [3.63, 3.8) is 0 Å². The molecule has 3 aromatic rings. The number of thioether (sulfide) groups is 1. The summed E-state index contributed by atoms with van der Waals surface area (Å²) in [7, 11) is 0. The van der Waals surface area contributed by atoms with Gasteiger partial charge in [0.25, 0.3) is 11.1 Å². The number of hydrogen-bond acceptors (Lipinski definition) is 8. The van der Waals surface area contributed by atoms with E-state index in [9.17, 15) is 19.2 Å². The lowest BCUT2D eigenvalue weighted by molar-refractivity contribution is 0.102. The summed E-state index contributed by atoms with van der Waals surface area (Å²) in [6.45, 7) is 6.07. The van der Waals surface area contributed by atoms with Gasteiger partial charge in [0.1, 0.15) is 16.2 Å². The van der Waals surface area contributed by atoms with Crippen molar-refractivity contribution in [2.45, 2.75) is 70.6 Å². The molecule has 1 saturated carbocycles. The number of ketones is 1. The molecule has 3 N–H and O–H groups in total. The fourth-order valence-corrected chi connectivity index (χ4v) is 6.39. The van der Waals surface area contributed by atoms with Crippen molar-refractivity contribution in [3.8, 4) is 0 Å². The number of carbonyl (C=O) groups is 1. The first kappa shape index (κ1) is 23.5. The highest BCUT2D eigenvalue weighted by Crippen LogP contribution is 2.34. The van der Waals surface area contributed by atoms with Gasteiger partial charge in [-0.1, -0.05) is 31.5 Å². The van der Waals surface area contributed by atoms with Gasteiger partial charge in [0.2, 0.25) is 0 Å². The number of Topliss-reactive ketones (excluding diaryl/α,β-unsaturated/α-hetero) is 1. The number of anilines is 1. The Morgan fingerprint density at radius 1 is 1.24 bits per heavy atom. The molecule has 3 aromatic heterocycles. The fourth-order valence-electron chi connectivity index (χ4n) is 4.38. The third-order valence-corrected chi connectivity index (χ3v) is 8.24. The topological polar surface area (TPSA) is 133 Å². The van der Waals surface area contributed by atoms with Crippen LogP contribution in [0.5, 0.6) is 0 Å². The lowest BCUT2D eigenvalue weighted by Gasteiger charge is -2.18. The monoisotopic (exact) mass is 489 g/mol. The van der Waals surface area contributed by atoms with Crippen LogP contribution in [-0.4, -0.2) is 30.6 Å². The molecular weight excluding hydrogens is 462 g/mol. The van der Waals surface area contributed by atoms with Crippen molar-refractivity contribution in [3.05, 3.63) is 47.2 Å². The van der Waals surface area contributed by atoms with Crippen molar-refractivity contribution < 1.29 is 4.79 Å². The first-order valence-electron chi connectivity index (χ1n) is 11.0. The molecule has 0 spiro atoms. The van der Waals surface area contributed by atoms with E-state index >= 15 is 0 Å². The minimum Gasteiger partial charge on any atom is -0.384 e. The number of thiophene rings is 1. The molecule has 0 saturated heterocycles. The van der Waals surface area contributed by atoms with Gasteiger partial charge in [0.15, 0.2) is 10.9 Å². The summed E-state index contributed by atoms with van der Waals surface area (Å²) in [6.07, 6.45) is 4.50. The zero-order valence-corrected chi connectivity index (χ0v) is 20.5. The summed E-state index contributed by atoms with van der Waals surface area (Å²) in [6, 6.07) is 0.0477. The van der Waals surface area contributed by atoms with Crippen molar-refractivity contribution in [1.29, 1.82) is 0 Å². The highest BCUT2D eigenvalue weighted by Gasteiger charge is 2.26. The van der Waals surface area contributed by atoms with Gasteiger partial charge in [-0.2, -0.15) is 0 Å². The van der Waals surface area contributed by atoms with E-state index in [1.807, 2.05) is 20.8 Å². The van der Waals surface area contributed by atoms with Crippen molar-refractivity contribution in [2.24, 2.45) is 0 Å². The average Bonchev–Trinajstić information content (AvgIpc) is 3.38. The van der Waals surface area contributed by atoms with Gasteiger partial charge < -0.3 is 5.73 Å². The number of aromatic amines is 1. The smallest absolute Gasteiger partial charge is 0.329 e.